The number of aliphatic hydroxyl groups is 1. The summed E-state index contributed by atoms with van der Waals surface area (Å²) in [5, 5.41) is 12.6. The lowest BCUT2D eigenvalue weighted by Gasteiger charge is -2.19. The third-order valence-electron chi connectivity index (χ3n) is 3.68. The quantitative estimate of drug-likeness (QED) is 0.835. The van der Waals surface area contributed by atoms with Crippen LogP contribution in [-0.4, -0.2) is 24.1 Å². The third-order valence-corrected chi connectivity index (χ3v) is 4.30. The van der Waals surface area contributed by atoms with E-state index in [0.29, 0.717) is 6.54 Å². The van der Waals surface area contributed by atoms with Crippen LogP contribution in [0.4, 0.5) is 13.2 Å². The van der Waals surface area contributed by atoms with Crippen LogP contribution in [0.3, 0.4) is 0 Å². The van der Waals surface area contributed by atoms with Crippen molar-refractivity contribution in [2.24, 2.45) is 5.92 Å². The molecule has 3 nitrogen and oxygen atoms in total. The average molecular weight is 368 g/mol. The Bertz CT molecular complexity index is 482. The molecule has 1 aromatic rings. The molecule has 0 saturated heterocycles. The molecule has 0 aliphatic heterocycles. The number of hydrogen-bond donors (Lipinski definition) is 2. The minimum Gasteiger partial charge on any atom is -0.405 e. The normalized spacial score (nSPS) is 22.5. The lowest BCUT2D eigenvalue weighted by atomic mass is 10.0. The van der Waals surface area contributed by atoms with Gasteiger partial charge in [-0.05, 0) is 52.4 Å². The first-order chi connectivity index (χ1) is 9.89. The molecule has 0 heterocycles. The summed E-state index contributed by atoms with van der Waals surface area (Å²) in [6.07, 6.45) is -1.58. The van der Waals surface area contributed by atoms with Gasteiger partial charge < -0.3 is 15.2 Å². The number of nitrogens with one attached hydrogen (secondary N) is 1. The van der Waals surface area contributed by atoms with Gasteiger partial charge in [-0.3, -0.25) is 0 Å². The number of ether oxygens (including phenoxy) is 1. The Morgan fingerprint density at radius 2 is 2.10 bits per heavy atom. The van der Waals surface area contributed by atoms with Gasteiger partial charge in [-0.2, -0.15) is 0 Å². The molecular weight excluding hydrogens is 351 g/mol. The molecular formula is C14H17BrF3NO2. The molecule has 1 aromatic carbocycles. The summed E-state index contributed by atoms with van der Waals surface area (Å²) < 4.78 is 40.7. The Kier molecular flexibility index (Phi) is 5.51. The predicted molar refractivity (Wildman–Crippen MR) is 75.9 cm³/mol. The first kappa shape index (κ1) is 16.6. The number of halogens is 4. The van der Waals surface area contributed by atoms with E-state index in [0.717, 1.165) is 24.8 Å². The lowest BCUT2D eigenvalue weighted by Crippen LogP contribution is -2.33. The minimum absolute atomic E-state index is 0.166. The van der Waals surface area contributed by atoms with Crippen molar-refractivity contribution in [3.8, 4) is 5.75 Å². The Balaban J connectivity index is 1.94. The lowest BCUT2D eigenvalue weighted by molar-refractivity contribution is -0.274. The Labute approximate surface area is 129 Å². The number of alkyl halides is 3. The fourth-order valence-corrected chi connectivity index (χ4v) is 3.14. The largest absolute Gasteiger partial charge is 0.573 e. The molecule has 0 amide bonds. The van der Waals surface area contributed by atoms with Crippen LogP contribution < -0.4 is 10.1 Å². The third kappa shape index (κ3) is 4.86. The highest BCUT2D eigenvalue weighted by Crippen LogP contribution is 2.31. The van der Waals surface area contributed by atoms with Crippen LogP contribution in [0, 0.1) is 5.92 Å². The zero-order chi connectivity index (χ0) is 15.5. The van der Waals surface area contributed by atoms with Gasteiger partial charge in [-0.15, -0.1) is 13.2 Å². The van der Waals surface area contributed by atoms with Crippen molar-refractivity contribution in [1.29, 1.82) is 0 Å². The van der Waals surface area contributed by atoms with E-state index >= 15 is 0 Å². The van der Waals surface area contributed by atoms with Crippen molar-refractivity contribution in [1.82, 2.24) is 5.32 Å². The molecule has 0 bridgehead atoms. The van der Waals surface area contributed by atoms with Gasteiger partial charge >= 0.3 is 6.36 Å². The van der Waals surface area contributed by atoms with E-state index in [4.69, 9.17) is 0 Å². The molecule has 1 aliphatic rings. The highest BCUT2D eigenvalue weighted by atomic mass is 79.9. The molecule has 0 radical (unpaired) electrons. The standard InChI is InChI=1S/C14H17BrF3NO2/c15-11-6-9(4-5-13(11)21-14(16,17)18)7-19-12-3-1-2-10(12)8-20/h4-6,10,12,19-20H,1-3,7-8H2. The van der Waals surface area contributed by atoms with E-state index in [1.165, 1.54) is 6.07 Å². The maximum Gasteiger partial charge on any atom is 0.573 e. The van der Waals surface area contributed by atoms with Crippen LogP contribution in [0.2, 0.25) is 0 Å². The van der Waals surface area contributed by atoms with Crippen LogP contribution in [0.15, 0.2) is 22.7 Å². The fraction of sp³-hybridized carbons (Fsp3) is 0.571. The van der Waals surface area contributed by atoms with E-state index in [2.05, 4.69) is 26.0 Å². The number of hydrogen-bond acceptors (Lipinski definition) is 3. The zero-order valence-corrected chi connectivity index (χ0v) is 12.9. The molecule has 1 aliphatic carbocycles. The Morgan fingerprint density at radius 3 is 2.71 bits per heavy atom. The van der Waals surface area contributed by atoms with Crippen molar-refractivity contribution in [3.63, 3.8) is 0 Å². The average Bonchev–Trinajstić information content (AvgIpc) is 2.85. The van der Waals surface area contributed by atoms with Gasteiger partial charge in [0.2, 0.25) is 0 Å². The van der Waals surface area contributed by atoms with Crippen molar-refractivity contribution >= 4 is 15.9 Å². The second-order valence-corrected chi connectivity index (χ2v) is 6.03. The smallest absolute Gasteiger partial charge is 0.405 e. The van der Waals surface area contributed by atoms with Gasteiger partial charge in [0.05, 0.1) is 4.47 Å². The topological polar surface area (TPSA) is 41.5 Å². The van der Waals surface area contributed by atoms with E-state index in [9.17, 15) is 18.3 Å². The van der Waals surface area contributed by atoms with Crippen molar-refractivity contribution in [2.45, 2.75) is 38.2 Å². The van der Waals surface area contributed by atoms with Crippen molar-refractivity contribution in [2.75, 3.05) is 6.61 Å². The van der Waals surface area contributed by atoms with Crippen molar-refractivity contribution in [3.05, 3.63) is 28.2 Å². The summed E-state index contributed by atoms with van der Waals surface area (Å²) in [6, 6.07) is 4.77. The number of rotatable bonds is 5. The molecule has 0 spiro atoms. The molecule has 7 heteroatoms. The van der Waals surface area contributed by atoms with E-state index in [1.54, 1.807) is 12.1 Å². The maximum absolute atomic E-state index is 12.2. The van der Waals surface area contributed by atoms with Crippen LogP contribution in [0.25, 0.3) is 0 Å². The molecule has 1 saturated carbocycles. The highest BCUT2D eigenvalue weighted by molar-refractivity contribution is 9.10. The second kappa shape index (κ2) is 6.98. The van der Waals surface area contributed by atoms with Crippen molar-refractivity contribution < 1.29 is 23.0 Å². The predicted octanol–water partition coefficient (Wildman–Crippen LogP) is 3.60. The first-order valence-electron chi connectivity index (χ1n) is 6.77. The molecule has 2 atom stereocenters. The van der Waals surface area contributed by atoms with Crippen LogP contribution in [-0.2, 0) is 6.54 Å². The summed E-state index contributed by atoms with van der Waals surface area (Å²) in [6.45, 7) is 0.714. The van der Waals surface area contributed by atoms with Gasteiger partial charge in [0.25, 0.3) is 0 Å². The zero-order valence-electron chi connectivity index (χ0n) is 11.3. The highest BCUT2D eigenvalue weighted by Gasteiger charge is 2.32. The molecule has 118 valence electrons. The van der Waals surface area contributed by atoms with E-state index in [1.807, 2.05) is 0 Å². The second-order valence-electron chi connectivity index (χ2n) is 5.17. The Hall–Kier alpha value is -0.790. The van der Waals surface area contributed by atoms with E-state index < -0.39 is 6.36 Å². The van der Waals surface area contributed by atoms with E-state index in [-0.39, 0.29) is 28.8 Å². The van der Waals surface area contributed by atoms with Crippen LogP contribution in [0.5, 0.6) is 5.75 Å². The molecule has 2 N–H and O–H groups in total. The monoisotopic (exact) mass is 367 g/mol. The van der Waals surface area contributed by atoms with Crippen LogP contribution >= 0.6 is 15.9 Å². The van der Waals surface area contributed by atoms with Gasteiger partial charge in [0.1, 0.15) is 5.75 Å². The van der Waals surface area contributed by atoms with Gasteiger partial charge in [0.15, 0.2) is 0 Å². The summed E-state index contributed by atoms with van der Waals surface area (Å²) in [5.74, 6) is 0.0154. The minimum atomic E-state index is -4.69. The molecule has 21 heavy (non-hydrogen) atoms. The molecule has 0 aromatic heterocycles. The van der Waals surface area contributed by atoms with Gasteiger partial charge in [0, 0.05) is 19.2 Å². The summed E-state index contributed by atoms with van der Waals surface area (Å²) in [5.41, 5.74) is 0.861. The summed E-state index contributed by atoms with van der Waals surface area (Å²) in [4.78, 5) is 0. The van der Waals surface area contributed by atoms with Gasteiger partial charge in [-0.1, -0.05) is 12.5 Å². The first-order valence-corrected chi connectivity index (χ1v) is 7.57. The molecule has 1 fully saturated rings. The summed E-state index contributed by atoms with van der Waals surface area (Å²) in [7, 11) is 0. The maximum atomic E-state index is 12.2. The molecule has 2 rings (SSSR count). The van der Waals surface area contributed by atoms with Crippen LogP contribution in [0.1, 0.15) is 24.8 Å². The number of benzene rings is 1. The summed E-state index contributed by atoms with van der Waals surface area (Å²) >= 11 is 3.09. The Morgan fingerprint density at radius 1 is 1.33 bits per heavy atom. The molecule has 2 unspecified atom stereocenters. The fourth-order valence-electron chi connectivity index (χ4n) is 2.63. The SMILES string of the molecule is OCC1CCCC1NCc1ccc(OC(F)(F)F)c(Br)c1. The number of aliphatic hydroxyl groups excluding tert-OH is 1. The van der Waals surface area contributed by atoms with Gasteiger partial charge in [-0.25, -0.2) is 0 Å².